The van der Waals surface area contributed by atoms with Crippen molar-refractivity contribution in [1.29, 1.82) is 0 Å². The summed E-state index contributed by atoms with van der Waals surface area (Å²) >= 11 is 0. The van der Waals surface area contributed by atoms with Gasteiger partial charge in [-0.2, -0.15) is 0 Å². The third-order valence-electron chi connectivity index (χ3n) is 5.21. The molecule has 2 amide bonds. The molecule has 2 aliphatic heterocycles. The molecule has 2 aliphatic rings. The minimum atomic E-state index is -0.993. The van der Waals surface area contributed by atoms with Gasteiger partial charge in [0.25, 0.3) is 0 Å². The predicted molar refractivity (Wildman–Crippen MR) is 109 cm³/mol. The largest absolute Gasteiger partial charge is 0.378 e. The van der Waals surface area contributed by atoms with Crippen LogP contribution in [0, 0.1) is 18.6 Å². The Labute approximate surface area is 173 Å². The summed E-state index contributed by atoms with van der Waals surface area (Å²) in [6.45, 7) is 7.06. The van der Waals surface area contributed by atoms with Crippen LogP contribution in [-0.4, -0.2) is 73.4 Å². The summed E-state index contributed by atoms with van der Waals surface area (Å²) in [7, 11) is 0. The molecule has 160 valence electrons. The molecule has 0 atom stereocenters. The van der Waals surface area contributed by atoms with E-state index in [-0.39, 0.29) is 11.7 Å². The molecule has 1 N–H and O–H groups in total. The van der Waals surface area contributed by atoms with Crippen LogP contribution in [0.2, 0.25) is 0 Å². The third-order valence-corrected chi connectivity index (χ3v) is 5.21. The van der Waals surface area contributed by atoms with Gasteiger partial charge < -0.3 is 24.8 Å². The van der Waals surface area contributed by atoms with Crippen LogP contribution in [0.25, 0.3) is 0 Å². The van der Waals surface area contributed by atoms with E-state index in [9.17, 15) is 13.6 Å². The summed E-state index contributed by atoms with van der Waals surface area (Å²) in [5.41, 5.74) is 0.225. The van der Waals surface area contributed by atoms with Gasteiger partial charge in [0.05, 0.1) is 13.2 Å². The number of carbonyl (C=O) groups excluding carboxylic acids is 1. The van der Waals surface area contributed by atoms with Crippen LogP contribution in [0.3, 0.4) is 0 Å². The molecule has 0 spiro atoms. The predicted octanol–water partition coefficient (Wildman–Crippen LogP) is 2.25. The van der Waals surface area contributed by atoms with Crippen molar-refractivity contribution in [1.82, 2.24) is 14.9 Å². The van der Waals surface area contributed by atoms with Gasteiger partial charge in [0.2, 0.25) is 0 Å². The molecular weight excluding hydrogens is 394 g/mol. The molecule has 8 nitrogen and oxygen atoms in total. The smallest absolute Gasteiger partial charge is 0.321 e. The SMILES string of the molecule is Cc1nc(N2CCOCC2)cc(N2CCN(C(=O)Nc3ccc(F)c(F)c3)CC2)n1. The Bertz CT molecular complexity index is 914. The number of hydrogen-bond donors (Lipinski definition) is 1. The molecule has 4 rings (SSSR count). The Morgan fingerprint density at radius 1 is 0.933 bits per heavy atom. The molecule has 1 aromatic carbocycles. The van der Waals surface area contributed by atoms with Crippen molar-refractivity contribution < 1.29 is 18.3 Å². The molecule has 2 aromatic rings. The number of aromatic nitrogens is 2. The zero-order valence-electron chi connectivity index (χ0n) is 16.8. The third kappa shape index (κ3) is 4.59. The van der Waals surface area contributed by atoms with Crippen LogP contribution in [-0.2, 0) is 4.74 Å². The number of anilines is 3. The molecule has 3 heterocycles. The number of benzene rings is 1. The van der Waals surface area contributed by atoms with Crippen LogP contribution in [0.4, 0.5) is 30.9 Å². The van der Waals surface area contributed by atoms with E-state index in [2.05, 4.69) is 25.1 Å². The van der Waals surface area contributed by atoms with Crippen molar-refractivity contribution in [3.05, 3.63) is 41.7 Å². The van der Waals surface area contributed by atoms with Gasteiger partial charge in [-0.05, 0) is 19.1 Å². The fourth-order valence-electron chi connectivity index (χ4n) is 3.57. The van der Waals surface area contributed by atoms with Crippen LogP contribution in [0.5, 0.6) is 0 Å². The lowest BCUT2D eigenvalue weighted by Crippen LogP contribution is -2.50. The normalized spacial score (nSPS) is 17.2. The highest BCUT2D eigenvalue weighted by molar-refractivity contribution is 5.89. The number of nitrogens with zero attached hydrogens (tertiary/aromatic N) is 5. The molecule has 0 aliphatic carbocycles. The first-order valence-electron chi connectivity index (χ1n) is 9.94. The van der Waals surface area contributed by atoms with Gasteiger partial charge in [0.15, 0.2) is 11.6 Å². The van der Waals surface area contributed by atoms with Crippen LogP contribution >= 0.6 is 0 Å². The van der Waals surface area contributed by atoms with E-state index in [1.165, 1.54) is 6.07 Å². The fraction of sp³-hybridized carbons (Fsp3) is 0.450. The number of amides is 2. The number of rotatable bonds is 3. The number of ether oxygens (including phenoxy) is 1. The van der Waals surface area contributed by atoms with Gasteiger partial charge >= 0.3 is 6.03 Å². The number of morpholine rings is 1. The number of carbonyl (C=O) groups is 1. The van der Waals surface area contributed by atoms with E-state index in [0.717, 1.165) is 36.9 Å². The Hall–Kier alpha value is -3.01. The molecule has 1 aromatic heterocycles. The maximum atomic E-state index is 13.3. The van der Waals surface area contributed by atoms with Gasteiger partial charge in [-0.15, -0.1) is 0 Å². The molecule has 0 bridgehead atoms. The molecule has 2 saturated heterocycles. The molecule has 0 radical (unpaired) electrons. The molecular formula is C20H24F2N6O2. The van der Waals surface area contributed by atoms with E-state index < -0.39 is 11.6 Å². The second-order valence-corrected chi connectivity index (χ2v) is 7.26. The highest BCUT2D eigenvalue weighted by atomic mass is 19.2. The molecule has 10 heteroatoms. The second kappa shape index (κ2) is 8.78. The summed E-state index contributed by atoms with van der Waals surface area (Å²) in [5.74, 6) is 0.488. The Balaban J connectivity index is 1.37. The topological polar surface area (TPSA) is 73.8 Å². The lowest BCUT2D eigenvalue weighted by molar-refractivity contribution is 0.122. The maximum absolute atomic E-state index is 13.3. The van der Waals surface area contributed by atoms with E-state index >= 15 is 0 Å². The second-order valence-electron chi connectivity index (χ2n) is 7.26. The molecule has 30 heavy (non-hydrogen) atoms. The van der Waals surface area contributed by atoms with Crippen molar-refractivity contribution in [2.75, 3.05) is 67.6 Å². The Morgan fingerprint density at radius 2 is 1.57 bits per heavy atom. The fourth-order valence-corrected chi connectivity index (χ4v) is 3.57. The monoisotopic (exact) mass is 418 g/mol. The van der Waals surface area contributed by atoms with Crippen molar-refractivity contribution in [3.63, 3.8) is 0 Å². The van der Waals surface area contributed by atoms with Crippen molar-refractivity contribution >= 4 is 23.4 Å². The number of aryl methyl sites for hydroxylation is 1. The summed E-state index contributed by atoms with van der Waals surface area (Å²) in [6, 6.07) is 4.94. The number of piperazine rings is 1. The summed E-state index contributed by atoms with van der Waals surface area (Å²) in [6.07, 6.45) is 0. The van der Waals surface area contributed by atoms with Crippen molar-refractivity contribution in [2.24, 2.45) is 0 Å². The van der Waals surface area contributed by atoms with Crippen LogP contribution < -0.4 is 15.1 Å². The quantitative estimate of drug-likeness (QED) is 0.824. The number of urea groups is 1. The minimum Gasteiger partial charge on any atom is -0.378 e. The highest BCUT2D eigenvalue weighted by Crippen LogP contribution is 2.22. The van der Waals surface area contributed by atoms with Crippen molar-refractivity contribution in [3.8, 4) is 0 Å². The average molecular weight is 418 g/mol. The van der Waals surface area contributed by atoms with E-state index in [0.29, 0.717) is 45.2 Å². The zero-order valence-corrected chi connectivity index (χ0v) is 16.8. The lowest BCUT2D eigenvalue weighted by atomic mass is 10.3. The number of hydrogen-bond acceptors (Lipinski definition) is 6. The van der Waals surface area contributed by atoms with Gasteiger partial charge in [0, 0.05) is 57.1 Å². The number of halogens is 2. The first kappa shape index (κ1) is 20.3. The summed E-state index contributed by atoms with van der Waals surface area (Å²) in [4.78, 5) is 27.5. The van der Waals surface area contributed by atoms with Crippen LogP contribution in [0.1, 0.15) is 5.82 Å². The Morgan fingerprint density at radius 3 is 2.20 bits per heavy atom. The van der Waals surface area contributed by atoms with Gasteiger partial charge in [-0.3, -0.25) is 0 Å². The lowest BCUT2D eigenvalue weighted by Gasteiger charge is -2.36. The molecule has 0 saturated carbocycles. The van der Waals surface area contributed by atoms with Crippen molar-refractivity contribution in [2.45, 2.75) is 6.92 Å². The minimum absolute atomic E-state index is 0.225. The molecule has 2 fully saturated rings. The summed E-state index contributed by atoms with van der Waals surface area (Å²) < 4.78 is 31.8. The van der Waals surface area contributed by atoms with E-state index in [1.54, 1.807) is 4.90 Å². The first-order chi connectivity index (χ1) is 14.5. The first-order valence-corrected chi connectivity index (χ1v) is 9.94. The maximum Gasteiger partial charge on any atom is 0.321 e. The van der Waals surface area contributed by atoms with E-state index in [1.807, 2.05) is 13.0 Å². The highest BCUT2D eigenvalue weighted by Gasteiger charge is 2.24. The number of nitrogens with one attached hydrogen (secondary N) is 1. The standard InChI is InChI=1S/C20H24F2N6O2/c1-14-23-18(13-19(24-14)27-8-10-30-11-9-27)26-4-6-28(7-5-26)20(29)25-15-2-3-16(21)17(22)12-15/h2-3,12-13H,4-11H2,1H3,(H,25,29). The van der Waals surface area contributed by atoms with Crippen LogP contribution in [0.15, 0.2) is 24.3 Å². The van der Waals surface area contributed by atoms with Gasteiger partial charge in [0.1, 0.15) is 17.5 Å². The average Bonchev–Trinajstić information content (AvgIpc) is 2.76. The van der Waals surface area contributed by atoms with Gasteiger partial charge in [-0.25, -0.2) is 23.5 Å². The molecule has 0 unspecified atom stereocenters. The van der Waals surface area contributed by atoms with Gasteiger partial charge in [-0.1, -0.05) is 0 Å². The zero-order chi connectivity index (χ0) is 21.1. The summed E-state index contributed by atoms with van der Waals surface area (Å²) in [5, 5.41) is 2.61. The Kier molecular flexibility index (Phi) is 5.93. The van der Waals surface area contributed by atoms with E-state index in [4.69, 9.17) is 4.74 Å².